The second kappa shape index (κ2) is 4.58. The lowest BCUT2D eigenvalue weighted by Gasteiger charge is -2.13. The second-order valence-corrected chi connectivity index (χ2v) is 5.67. The molecule has 1 N–H and O–H groups in total. The first-order chi connectivity index (χ1) is 6.75. The van der Waals surface area contributed by atoms with E-state index in [0.717, 1.165) is 0 Å². The summed E-state index contributed by atoms with van der Waals surface area (Å²) in [6.45, 7) is 2.11. The number of hydrogen-bond donors (Lipinski definition) is 1. The molecule has 1 aromatic rings. The summed E-state index contributed by atoms with van der Waals surface area (Å²) in [6, 6.07) is 7.13. The third kappa shape index (κ3) is 2.45. The van der Waals surface area contributed by atoms with Gasteiger partial charge in [0.25, 0.3) is 0 Å². The van der Waals surface area contributed by atoms with E-state index in [-0.39, 0.29) is 0 Å². The zero-order chi connectivity index (χ0) is 9.97. The maximum Gasteiger partial charge on any atom is 0.0359 e. The van der Waals surface area contributed by atoms with Crippen LogP contribution < -0.4 is 5.32 Å². The predicted octanol–water partition coefficient (Wildman–Crippen LogP) is 3.67. The molecule has 3 heteroatoms. The second-order valence-electron chi connectivity index (χ2n) is 3.67. The molecular formula is C11H14BrNS. The van der Waals surface area contributed by atoms with Gasteiger partial charge in [-0.1, -0.05) is 22.0 Å². The van der Waals surface area contributed by atoms with Gasteiger partial charge in [-0.05, 0) is 36.8 Å². The molecule has 1 nitrogen and oxygen atoms in total. The van der Waals surface area contributed by atoms with Gasteiger partial charge in [0, 0.05) is 22.0 Å². The van der Waals surface area contributed by atoms with Crippen molar-refractivity contribution >= 4 is 33.4 Å². The Balaban J connectivity index is 2.05. The molecule has 0 spiro atoms. The minimum atomic E-state index is 0.662. The third-order valence-corrected chi connectivity index (χ3v) is 4.49. The maximum atomic E-state index is 3.56. The number of anilines is 1. The minimum Gasteiger partial charge on any atom is -0.381 e. The summed E-state index contributed by atoms with van der Waals surface area (Å²) in [6.07, 6.45) is 1.29. The van der Waals surface area contributed by atoms with Crippen molar-refractivity contribution in [3.05, 3.63) is 28.2 Å². The fourth-order valence-corrected chi connectivity index (χ4v) is 3.10. The lowest BCUT2D eigenvalue weighted by atomic mass is 10.2. The largest absolute Gasteiger partial charge is 0.381 e. The number of benzene rings is 1. The third-order valence-electron chi connectivity index (χ3n) is 2.47. The van der Waals surface area contributed by atoms with Crippen LogP contribution in [0.15, 0.2) is 22.7 Å². The van der Waals surface area contributed by atoms with Crippen molar-refractivity contribution in [2.75, 3.05) is 16.8 Å². The summed E-state index contributed by atoms with van der Waals surface area (Å²) >= 11 is 5.58. The van der Waals surface area contributed by atoms with Gasteiger partial charge in [-0.25, -0.2) is 0 Å². The van der Waals surface area contributed by atoms with E-state index in [4.69, 9.17) is 0 Å². The average Bonchev–Trinajstić information content (AvgIpc) is 2.64. The normalized spacial score (nSPS) is 21.1. The van der Waals surface area contributed by atoms with Crippen molar-refractivity contribution in [2.45, 2.75) is 19.4 Å². The number of halogens is 1. The van der Waals surface area contributed by atoms with Crippen LogP contribution in [-0.4, -0.2) is 17.5 Å². The van der Waals surface area contributed by atoms with E-state index in [0.29, 0.717) is 6.04 Å². The van der Waals surface area contributed by atoms with Gasteiger partial charge >= 0.3 is 0 Å². The molecule has 1 atom stereocenters. The minimum absolute atomic E-state index is 0.662. The summed E-state index contributed by atoms with van der Waals surface area (Å²) < 4.78 is 1.19. The molecular weight excluding hydrogens is 258 g/mol. The van der Waals surface area contributed by atoms with Crippen molar-refractivity contribution < 1.29 is 0 Å². The van der Waals surface area contributed by atoms with Crippen molar-refractivity contribution in [2.24, 2.45) is 0 Å². The average molecular weight is 272 g/mol. The molecule has 1 aliphatic heterocycles. The molecule has 1 aliphatic rings. The topological polar surface area (TPSA) is 12.0 Å². The zero-order valence-electron chi connectivity index (χ0n) is 8.22. The van der Waals surface area contributed by atoms with Gasteiger partial charge in [0.1, 0.15) is 0 Å². The van der Waals surface area contributed by atoms with Crippen LogP contribution in [0.3, 0.4) is 0 Å². The van der Waals surface area contributed by atoms with E-state index in [1.165, 1.54) is 33.7 Å². The van der Waals surface area contributed by atoms with Crippen LogP contribution in [0.25, 0.3) is 0 Å². The van der Waals surface area contributed by atoms with Crippen LogP contribution in [0.4, 0.5) is 5.69 Å². The van der Waals surface area contributed by atoms with Gasteiger partial charge in [-0.3, -0.25) is 0 Å². The van der Waals surface area contributed by atoms with E-state index < -0.39 is 0 Å². The van der Waals surface area contributed by atoms with E-state index in [9.17, 15) is 0 Å². The maximum absolute atomic E-state index is 3.56. The highest BCUT2D eigenvalue weighted by molar-refractivity contribution is 9.10. The Morgan fingerprint density at radius 2 is 2.36 bits per heavy atom. The fourth-order valence-electron chi connectivity index (χ4n) is 1.57. The van der Waals surface area contributed by atoms with Gasteiger partial charge in [0.2, 0.25) is 0 Å². The Morgan fingerprint density at radius 3 is 3.00 bits per heavy atom. The number of rotatable bonds is 2. The molecule has 1 heterocycles. The highest BCUT2D eigenvalue weighted by Crippen LogP contribution is 2.24. The summed E-state index contributed by atoms with van der Waals surface area (Å²) in [5.74, 6) is 2.54. The zero-order valence-corrected chi connectivity index (χ0v) is 10.6. The van der Waals surface area contributed by atoms with Crippen LogP contribution in [0.5, 0.6) is 0 Å². The number of aryl methyl sites for hydroxylation is 1. The van der Waals surface area contributed by atoms with E-state index in [2.05, 4.69) is 46.4 Å². The molecule has 0 radical (unpaired) electrons. The van der Waals surface area contributed by atoms with Crippen LogP contribution in [0, 0.1) is 6.92 Å². The Morgan fingerprint density at radius 1 is 1.50 bits per heavy atom. The monoisotopic (exact) mass is 271 g/mol. The first-order valence-corrected chi connectivity index (χ1v) is 6.81. The Hall–Kier alpha value is -0.150. The molecule has 1 aromatic carbocycles. The van der Waals surface area contributed by atoms with Crippen molar-refractivity contribution in [1.29, 1.82) is 0 Å². The Bertz CT molecular complexity index is 321. The molecule has 0 saturated carbocycles. The quantitative estimate of drug-likeness (QED) is 0.881. The summed E-state index contributed by atoms with van der Waals surface area (Å²) in [7, 11) is 0. The molecule has 0 aromatic heterocycles. The molecule has 1 saturated heterocycles. The van der Waals surface area contributed by atoms with Crippen molar-refractivity contribution in [3.8, 4) is 0 Å². The number of thioether (sulfide) groups is 1. The summed E-state index contributed by atoms with van der Waals surface area (Å²) in [5, 5.41) is 3.56. The van der Waals surface area contributed by atoms with Crippen LogP contribution in [0.2, 0.25) is 0 Å². The fraction of sp³-hybridized carbons (Fsp3) is 0.455. The van der Waals surface area contributed by atoms with Crippen LogP contribution in [-0.2, 0) is 0 Å². The molecule has 1 fully saturated rings. The molecule has 1 unspecified atom stereocenters. The molecule has 2 rings (SSSR count). The van der Waals surface area contributed by atoms with E-state index in [1.54, 1.807) is 0 Å². The Kier molecular flexibility index (Phi) is 3.39. The van der Waals surface area contributed by atoms with Gasteiger partial charge in [-0.15, -0.1) is 0 Å². The SMILES string of the molecule is Cc1ccc(NC2CCSC2)cc1Br. The number of hydrogen-bond acceptors (Lipinski definition) is 2. The summed E-state index contributed by atoms with van der Waals surface area (Å²) in [4.78, 5) is 0. The van der Waals surface area contributed by atoms with E-state index >= 15 is 0 Å². The molecule has 0 bridgehead atoms. The van der Waals surface area contributed by atoms with Crippen LogP contribution >= 0.6 is 27.7 Å². The van der Waals surface area contributed by atoms with Crippen molar-refractivity contribution in [3.63, 3.8) is 0 Å². The van der Waals surface area contributed by atoms with Crippen molar-refractivity contribution in [1.82, 2.24) is 0 Å². The van der Waals surface area contributed by atoms with Gasteiger partial charge in [0.15, 0.2) is 0 Å². The highest BCUT2D eigenvalue weighted by Gasteiger charge is 2.14. The first-order valence-electron chi connectivity index (χ1n) is 4.86. The van der Waals surface area contributed by atoms with Gasteiger partial charge in [0.05, 0.1) is 0 Å². The lowest BCUT2D eigenvalue weighted by Crippen LogP contribution is -2.17. The molecule has 76 valence electrons. The van der Waals surface area contributed by atoms with Gasteiger partial charge in [-0.2, -0.15) is 11.8 Å². The first kappa shape index (κ1) is 10.4. The smallest absolute Gasteiger partial charge is 0.0359 e. The molecule has 0 amide bonds. The van der Waals surface area contributed by atoms with Crippen LogP contribution in [0.1, 0.15) is 12.0 Å². The molecule has 0 aliphatic carbocycles. The lowest BCUT2D eigenvalue weighted by molar-refractivity contribution is 0.813. The van der Waals surface area contributed by atoms with E-state index in [1.807, 2.05) is 11.8 Å². The standard InChI is InChI=1S/C11H14BrNS/c1-8-2-3-9(6-11(8)12)13-10-4-5-14-7-10/h2-3,6,10,13H,4-5,7H2,1H3. The summed E-state index contributed by atoms with van der Waals surface area (Å²) in [5.41, 5.74) is 2.52. The predicted molar refractivity (Wildman–Crippen MR) is 68.2 cm³/mol. The van der Waals surface area contributed by atoms with Gasteiger partial charge < -0.3 is 5.32 Å². The molecule has 14 heavy (non-hydrogen) atoms. The Labute approximate surface area is 97.8 Å². The highest BCUT2D eigenvalue weighted by atomic mass is 79.9. The number of nitrogens with one attached hydrogen (secondary N) is 1.